The molecule has 0 saturated carbocycles. The first-order valence-corrected chi connectivity index (χ1v) is 7.69. The predicted octanol–water partition coefficient (Wildman–Crippen LogP) is 3.75. The van der Waals surface area contributed by atoms with Crippen molar-refractivity contribution in [2.75, 3.05) is 6.61 Å². The van der Waals surface area contributed by atoms with Gasteiger partial charge in [-0.15, -0.1) is 0 Å². The van der Waals surface area contributed by atoms with Crippen LogP contribution in [0.15, 0.2) is 42.5 Å². The topological polar surface area (TPSA) is 81.5 Å². The van der Waals surface area contributed by atoms with Crippen molar-refractivity contribution in [3.05, 3.63) is 68.7 Å². The van der Waals surface area contributed by atoms with Gasteiger partial charge in [-0.3, -0.25) is 14.9 Å². The summed E-state index contributed by atoms with van der Waals surface area (Å²) in [7, 11) is 0. The molecule has 0 aromatic heterocycles. The lowest BCUT2D eigenvalue weighted by molar-refractivity contribution is -0.384. The van der Waals surface area contributed by atoms with Crippen LogP contribution in [0.25, 0.3) is 0 Å². The van der Waals surface area contributed by atoms with Gasteiger partial charge in [-0.2, -0.15) is 0 Å². The predicted molar refractivity (Wildman–Crippen MR) is 91.7 cm³/mol. The summed E-state index contributed by atoms with van der Waals surface area (Å²) < 4.78 is 5.60. The number of hydrogen-bond donors (Lipinski definition) is 1. The van der Waals surface area contributed by atoms with E-state index in [1.54, 1.807) is 6.92 Å². The molecule has 0 radical (unpaired) electrons. The molecule has 0 aliphatic carbocycles. The first-order chi connectivity index (χ1) is 11.4. The fourth-order valence-electron chi connectivity index (χ4n) is 2.00. The summed E-state index contributed by atoms with van der Waals surface area (Å²) in [5.74, 6) is 0.290. The Kier molecular flexibility index (Phi) is 5.76. The monoisotopic (exact) mass is 348 g/mol. The Hall–Kier alpha value is -2.60. The minimum Gasteiger partial charge on any atom is -0.491 e. The van der Waals surface area contributed by atoms with Gasteiger partial charge < -0.3 is 10.1 Å². The van der Waals surface area contributed by atoms with Crippen LogP contribution < -0.4 is 10.1 Å². The second-order valence-corrected chi connectivity index (χ2v) is 5.83. The highest BCUT2D eigenvalue weighted by Crippen LogP contribution is 2.25. The van der Waals surface area contributed by atoms with Crippen molar-refractivity contribution in [1.29, 1.82) is 0 Å². The van der Waals surface area contributed by atoms with E-state index in [-0.39, 0.29) is 28.9 Å². The number of nitro benzene ring substituents is 1. The molecule has 0 aliphatic rings. The molecule has 0 aliphatic heterocycles. The molecule has 0 bridgehead atoms. The van der Waals surface area contributed by atoms with E-state index in [4.69, 9.17) is 16.3 Å². The van der Waals surface area contributed by atoms with Gasteiger partial charge >= 0.3 is 0 Å². The van der Waals surface area contributed by atoms with Crippen LogP contribution in [0.1, 0.15) is 22.8 Å². The number of benzene rings is 2. The van der Waals surface area contributed by atoms with Crippen LogP contribution in [-0.2, 0) is 0 Å². The van der Waals surface area contributed by atoms with E-state index in [9.17, 15) is 14.9 Å². The first kappa shape index (κ1) is 17.7. The van der Waals surface area contributed by atoms with E-state index in [2.05, 4.69) is 5.32 Å². The molecule has 1 unspecified atom stereocenters. The van der Waals surface area contributed by atoms with Gasteiger partial charge in [0.15, 0.2) is 0 Å². The van der Waals surface area contributed by atoms with E-state index >= 15 is 0 Å². The van der Waals surface area contributed by atoms with Crippen LogP contribution in [0.2, 0.25) is 5.02 Å². The molecule has 2 aromatic carbocycles. The molecule has 2 aromatic rings. The molecule has 126 valence electrons. The average molecular weight is 349 g/mol. The molecule has 2 rings (SSSR count). The van der Waals surface area contributed by atoms with Gasteiger partial charge in [0.2, 0.25) is 0 Å². The van der Waals surface area contributed by atoms with Crippen LogP contribution in [0.4, 0.5) is 5.69 Å². The Morgan fingerprint density at radius 3 is 2.58 bits per heavy atom. The Morgan fingerprint density at radius 2 is 1.96 bits per heavy atom. The van der Waals surface area contributed by atoms with Crippen molar-refractivity contribution < 1.29 is 14.5 Å². The molecule has 24 heavy (non-hydrogen) atoms. The van der Waals surface area contributed by atoms with Crippen molar-refractivity contribution in [1.82, 2.24) is 5.32 Å². The number of nitrogens with zero attached hydrogens (tertiary/aromatic N) is 1. The molecule has 0 saturated heterocycles. The number of nitrogens with one attached hydrogen (secondary N) is 1. The summed E-state index contributed by atoms with van der Waals surface area (Å²) in [5, 5.41) is 13.6. The van der Waals surface area contributed by atoms with Gasteiger partial charge in [-0.25, -0.2) is 0 Å². The van der Waals surface area contributed by atoms with Gasteiger partial charge in [0.1, 0.15) is 17.4 Å². The smallest absolute Gasteiger partial charge is 0.288 e. The van der Waals surface area contributed by atoms with E-state index in [1.165, 1.54) is 12.1 Å². The summed E-state index contributed by atoms with van der Waals surface area (Å²) in [6.45, 7) is 4.05. The summed E-state index contributed by atoms with van der Waals surface area (Å²) in [4.78, 5) is 22.4. The number of nitro groups is 1. The summed E-state index contributed by atoms with van der Waals surface area (Å²) >= 11 is 5.74. The van der Waals surface area contributed by atoms with Crippen LogP contribution in [0.3, 0.4) is 0 Å². The highest BCUT2D eigenvalue weighted by molar-refractivity contribution is 6.32. The molecule has 1 atom stereocenters. The Labute approximate surface area is 144 Å². The zero-order chi connectivity index (χ0) is 17.7. The molecular weight excluding hydrogens is 332 g/mol. The second kappa shape index (κ2) is 7.79. The zero-order valence-corrected chi connectivity index (χ0v) is 14.0. The lowest BCUT2D eigenvalue weighted by Crippen LogP contribution is -2.36. The van der Waals surface area contributed by atoms with Gasteiger partial charge in [-0.05, 0) is 38.1 Å². The third-order valence-corrected chi connectivity index (χ3v) is 3.62. The first-order valence-electron chi connectivity index (χ1n) is 7.31. The van der Waals surface area contributed by atoms with Crippen molar-refractivity contribution in [3.8, 4) is 5.75 Å². The zero-order valence-electron chi connectivity index (χ0n) is 13.3. The molecule has 1 amide bonds. The van der Waals surface area contributed by atoms with Crippen molar-refractivity contribution in [2.24, 2.45) is 0 Å². The largest absolute Gasteiger partial charge is 0.491 e. The highest BCUT2D eigenvalue weighted by Gasteiger charge is 2.17. The minimum atomic E-state index is -0.622. The molecule has 1 N–H and O–H groups in total. The van der Waals surface area contributed by atoms with E-state index in [1.807, 2.05) is 31.2 Å². The van der Waals surface area contributed by atoms with Crippen LogP contribution in [0.5, 0.6) is 5.75 Å². The highest BCUT2D eigenvalue weighted by atomic mass is 35.5. The third kappa shape index (κ3) is 4.70. The summed E-state index contributed by atoms with van der Waals surface area (Å²) in [6, 6.07) is 11.2. The number of amides is 1. The third-order valence-electron chi connectivity index (χ3n) is 3.30. The minimum absolute atomic E-state index is 0.00713. The molecule has 0 spiro atoms. The number of rotatable bonds is 6. The Morgan fingerprint density at radius 1 is 1.29 bits per heavy atom. The van der Waals surface area contributed by atoms with E-state index in [0.717, 1.165) is 11.6 Å². The molecule has 7 heteroatoms. The maximum Gasteiger partial charge on any atom is 0.288 e. The van der Waals surface area contributed by atoms with Crippen molar-refractivity contribution >= 4 is 23.2 Å². The lowest BCUT2D eigenvalue weighted by atomic mass is 10.2. The lowest BCUT2D eigenvalue weighted by Gasteiger charge is -2.15. The van der Waals surface area contributed by atoms with Gasteiger partial charge in [0.05, 0.1) is 11.0 Å². The number of hydrogen-bond acceptors (Lipinski definition) is 4. The fraction of sp³-hybridized carbons (Fsp3) is 0.235. The fourth-order valence-corrected chi connectivity index (χ4v) is 2.18. The maximum absolute atomic E-state index is 12.2. The van der Waals surface area contributed by atoms with Gasteiger partial charge in [0, 0.05) is 11.6 Å². The molecule has 0 heterocycles. The summed E-state index contributed by atoms with van der Waals surface area (Å²) in [5.41, 5.74) is 1.01. The molecular formula is C17H17ClN2O4. The number of carbonyl (C=O) groups is 1. The number of halogens is 1. The molecule has 0 fully saturated rings. The maximum atomic E-state index is 12.2. The number of aryl methyl sites for hydroxylation is 1. The standard InChI is InChI=1S/C17H17ClN2O4/c1-11-3-6-14(7-4-11)24-10-12(2)19-17(21)13-5-8-15(18)16(9-13)20(22)23/h3-9,12H,10H2,1-2H3,(H,19,21). The van der Waals surface area contributed by atoms with E-state index in [0.29, 0.717) is 5.75 Å². The molecule has 6 nitrogen and oxygen atoms in total. The Balaban J connectivity index is 1.95. The van der Waals surface area contributed by atoms with Crippen molar-refractivity contribution in [3.63, 3.8) is 0 Å². The van der Waals surface area contributed by atoms with E-state index < -0.39 is 10.8 Å². The van der Waals surface area contributed by atoms with Crippen LogP contribution >= 0.6 is 11.6 Å². The SMILES string of the molecule is Cc1ccc(OCC(C)NC(=O)c2ccc(Cl)c([N+](=O)[O-])c2)cc1. The van der Waals surface area contributed by atoms with Crippen molar-refractivity contribution in [2.45, 2.75) is 19.9 Å². The van der Waals surface area contributed by atoms with Crippen LogP contribution in [-0.4, -0.2) is 23.5 Å². The second-order valence-electron chi connectivity index (χ2n) is 5.42. The normalized spacial score (nSPS) is 11.6. The Bertz CT molecular complexity index is 747. The number of ether oxygens (including phenoxy) is 1. The summed E-state index contributed by atoms with van der Waals surface area (Å²) in [6.07, 6.45) is 0. The average Bonchev–Trinajstić information content (AvgIpc) is 2.54. The van der Waals surface area contributed by atoms with Gasteiger partial charge in [0.25, 0.3) is 11.6 Å². The number of carbonyl (C=O) groups excluding carboxylic acids is 1. The van der Waals surface area contributed by atoms with Crippen LogP contribution in [0, 0.1) is 17.0 Å². The quantitative estimate of drug-likeness (QED) is 0.636. The van der Waals surface area contributed by atoms with Gasteiger partial charge in [-0.1, -0.05) is 29.3 Å².